The largest absolute Gasteiger partial charge is 0.491 e. The molecule has 14 heavy (non-hydrogen) atoms. The van der Waals surface area contributed by atoms with E-state index >= 15 is 0 Å². The normalized spacial score (nSPS) is 10.6. The quantitative estimate of drug-likeness (QED) is 0.779. The maximum atomic E-state index is 5.85. The van der Waals surface area contributed by atoms with Crippen molar-refractivity contribution in [3.8, 4) is 5.75 Å². The van der Waals surface area contributed by atoms with Crippen molar-refractivity contribution in [2.75, 3.05) is 12.3 Å². The van der Waals surface area contributed by atoms with Crippen molar-refractivity contribution in [1.29, 1.82) is 0 Å². The first-order valence-electron chi connectivity index (χ1n) is 4.78. The molecule has 0 aliphatic carbocycles. The van der Waals surface area contributed by atoms with Crippen molar-refractivity contribution >= 4 is 17.3 Å². The van der Waals surface area contributed by atoms with Crippen LogP contribution in [0.4, 0.5) is 5.69 Å². The maximum Gasteiger partial charge on any atom is 0.143 e. The van der Waals surface area contributed by atoms with Gasteiger partial charge in [0, 0.05) is 0 Å². The van der Waals surface area contributed by atoms with Gasteiger partial charge in [-0.15, -0.1) is 0 Å². The monoisotopic (exact) mass is 213 g/mol. The SMILES string of the molecule is CC(C)CCOc1cccc(Cl)c1N. The van der Waals surface area contributed by atoms with E-state index in [0.29, 0.717) is 29.0 Å². The van der Waals surface area contributed by atoms with Crippen LogP contribution in [0, 0.1) is 5.92 Å². The second kappa shape index (κ2) is 5.11. The van der Waals surface area contributed by atoms with Crippen LogP contribution >= 0.6 is 11.6 Å². The van der Waals surface area contributed by atoms with Crippen molar-refractivity contribution in [2.24, 2.45) is 5.92 Å². The predicted molar refractivity (Wildman–Crippen MR) is 60.8 cm³/mol. The molecular formula is C11H16ClNO. The molecule has 2 nitrogen and oxygen atoms in total. The number of para-hydroxylation sites is 1. The molecule has 0 bridgehead atoms. The Bertz CT molecular complexity index is 299. The van der Waals surface area contributed by atoms with Gasteiger partial charge in [0.1, 0.15) is 5.75 Å². The van der Waals surface area contributed by atoms with Crippen molar-refractivity contribution < 1.29 is 4.74 Å². The van der Waals surface area contributed by atoms with Gasteiger partial charge >= 0.3 is 0 Å². The van der Waals surface area contributed by atoms with Gasteiger partial charge in [-0.25, -0.2) is 0 Å². The summed E-state index contributed by atoms with van der Waals surface area (Å²) in [5, 5.41) is 0.548. The summed E-state index contributed by atoms with van der Waals surface area (Å²) in [6, 6.07) is 5.43. The molecule has 0 atom stereocenters. The van der Waals surface area contributed by atoms with E-state index in [9.17, 15) is 0 Å². The van der Waals surface area contributed by atoms with Gasteiger partial charge in [0.15, 0.2) is 0 Å². The Hall–Kier alpha value is -0.890. The molecule has 0 fully saturated rings. The number of ether oxygens (including phenoxy) is 1. The molecule has 0 radical (unpaired) electrons. The minimum absolute atomic E-state index is 0.526. The van der Waals surface area contributed by atoms with Crippen LogP contribution in [0.25, 0.3) is 0 Å². The minimum Gasteiger partial charge on any atom is -0.491 e. The molecule has 0 saturated heterocycles. The Morgan fingerprint density at radius 1 is 1.43 bits per heavy atom. The van der Waals surface area contributed by atoms with Crippen LogP contribution in [0.3, 0.4) is 0 Å². The Labute approximate surface area is 90.0 Å². The highest BCUT2D eigenvalue weighted by atomic mass is 35.5. The molecule has 2 N–H and O–H groups in total. The number of benzene rings is 1. The highest BCUT2D eigenvalue weighted by molar-refractivity contribution is 6.33. The maximum absolute atomic E-state index is 5.85. The number of nitrogens with two attached hydrogens (primary N) is 1. The van der Waals surface area contributed by atoms with Crippen molar-refractivity contribution in [3.63, 3.8) is 0 Å². The fraction of sp³-hybridized carbons (Fsp3) is 0.455. The third-order valence-electron chi connectivity index (χ3n) is 1.97. The molecule has 1 aromatic rings. The van der Waals surface area contributed by atoms with Gasteiger partial charge in [0.05, 0.1) is 17.3 Å². The summed E-state index contributed by atoms with van der Waals surface area (Å²) in [5.74, 6) is 1.31. The molecular weight excluding hydrogens is 198 g/mol. The van der Waals surface area contributed by atoms with Crippen LogP contribution in [0.5, 0.6) is 5.75 Å². The average molecular weight is 214 g/mol. The smallest absolute Gasteiger partial charge is 0.143 e. The predicted octanol–water partition coefficient (Wildman–Crippen LogP) is 3.35. The lowest BCUT2D eigenvalue weighted by atomic mass is 10.1. The summed E-state index contributed by atoms with van der Waals surface area (Å²) >= 11 is 5.85. The summed E-state index contributed by atoms with van der Waals surface area (Å²) in [5.41, 5.74) is 6.27. The van der Waals surface area contributed by atoms with Gasteiger partial charge < -0.3 is 10.5 Å². The molecule has 0 amide bonds. The number of halogens is 1. The van der Waals surface area contributed by atoms with Crippen molar-refractivity contribution in [1.82, 2.24) is 0 Å². The van der Waals surface area contributed by atoms with E-state index in [1.807, 2.05) is 12.1 Å². The van der Waals surface area contributed by atoms with Crippen LogP contribution < -0.4 is 10.5 Å². The molecule has 0 heterocycles. The summed E-state index contributed by atoms with van der Waals surface area (Å²) in [6.45, 7) is 5.00. The zero-order valence-electron chi connectivity index (χ0n) is 8.59. The lowest BCUT2D eigenvalue weighted by Gasteiger charge is -2.10. The van der Waals surface area contributed by atoms with Crippen molar-refractivity contribution in [2.45, 2.75) is 20.3 Å². The van der Waals surface area contributed by atoms with E-state index in [2.05, 4.69) is 13.8 Å². The Kier molecular flexibility index (Phi) is 4.08. The molecule has 0 aliphatic rings. The van der Waals surface area contributed by atoms with E-state index in [-0.39, 0.29) is 0 Å². The zero-order chi connectivity index (χ0) is 10.6. The summed E-state index contributed by atoms with van der Waals surface area (Å²) < 4.78 is 5.52. The highest BCUT2D eigenvalue weighted by Gasteiger charge is 2.03. The van der Waals surface area contributed by atoms with E-state index in [4.69, 9.17) is 22.1 Å². The molecule has 0 unspecified atom stereocenters. The first-order chi connectivity index (χ1) is 6.61. The fourth-order valence-corrected chi connectivity index (χ4v) is 1.21. The molecule has 1 rings (SSSR count). The summed E-state index contributed by atoms with van der Waals surface area (Å²) in [6.07, 6.45) is 1.02. The third-order valence-corrected chi connectivity index (χ3v) is 2.30. The standard InChI is InChI=1S/C11H16ClNO/c1-8(2)6-7-14-10-5-3-4-9(12)11(10)13/h3-5,8H,6-7,13H2,1-2H3. The molecule has 0 aromatic heterocycles. The number of rotatable bonds is 4. The Morgan fingerprint density at radius 3 is 2.79 bits per heavy atom. The molecule has 0 aliphatic heterocycles. The van der Waals surface area contributed by atoms with Gasteiger partial charge in [0.25, 0.3) is 0 Å². The third kappa shape index (κ3) is 3.11. The molecule has 78 valence electrons. The fourth-order valence-electron chi connectivity index (χ4n) is 1.05. The lowest BCUT2D eigenvalue weighted by molar-refractivity contribution is 0.291. The van der Waals surface area contributed by atoms with Crippen LogP contribution in [-0.4, -0.2) is 6.61 Å². The zero-order valence-corrected chi connectivity index (χ0v) is 9.34. The second-order valence-electron chi connectivity index (χ2n) is 3.68. The van der Waals surface area contributed by atoms with Crippen LogP contribution in [0.1, 0.15) is 20.3 Å². The number of nitrogen functional groups attached to an aromatic ring is 1. The van der Waals surface area contributed by atoms with E-state index in [1.165, 1.54) is 0 Å². The van der Waals surface area contributed by atoms with Crippen molar-refractivity contribution in [3.05, 3.63) is 23.2 Å². The first-order valence-corrected chi connectivity index (χ1v) is 5.16. The van der Waals surface area contributed by atoms with E-state index in [1.54, 1.807) is 6.07 Å². The summed E-state index contributed by atoms with van der Waals surface area (Å²) in [7, 11) is 0. The highest BCUT2D eigenvalue weighted by Crippen LogP contribution is 2.28. The molecule has 0 spiro atoms. The minimum atomic E-state index is 0.526. The Morgan fingerprint density at radius 2 is 2.14 bits per heavy atom. The van der Waals surface area contributed by atoms with Gasteiger partial charge in [-0.05, 0) is 24.5 Å². The molecule has 1 aromatic carbocycles. The van der Waals surface area contributed by atoms with E-state index < -0.39 is 0 Å². The van der Waals surface area contributed by atoms with Crippen LogP contribution in [0.15, 0.2) is 18.2 Å². The second-order valence-corrected chi connectivity index (χ2v) is 4.09. The van der Waals surface area contributed by atoms with Crippen LogP contribution in [-0.2, 0) is 0 Å². The Balaban J connectivity index is 2.54. The van der Waals surface area contributed by atoms with Gasteiger partial charge in [-0.2, -0.15) is 0 Å². The number of hydrogen-bond donors (Lipinski definition) is 1. The number of anilines is 1. The number of hydrogen-bond acceptors (Lipinski definition) is 2. The molecule has 0 saturated carbocycles. The van der Waals surface area contributed by atoms with E-state index in [0.717, 1.165) is 6.42 Å². The topological polar surface area (TPSA) is 35.2 Å². The van der Waals surface area contributed by atoms with Crippen LogP contribution in [0.2, 0.25) is 5.02 Å². The first kappa shape index (κ1) is 11.2. The lowest BCUT2D eigenvalue weighted by Crippen LogP contribution is -2.03. The summed E-state index contributed by atoms with van der Waals surface area (Å²) in [4.78, 5) is 0. The van der Waals surface area contributed by atoms with Gasteiger partial charge in [-0.1, -0.05) is 31.5 Å². The van der Waals surface area contributed by atoms with Gasteiger partial charge in [-0.3, -0.25) is 0 Å². The van der Waals surface area contributed by atoms with Gasteiger partial charge in [0.2, 0.25) is 0 Å². The molecule has 3 heteroatoms. The average Bonchev–Trinajstić information content (AvgIpc) is 2.12.